The van der Waals surface area contributed by atoms with Gasteiger partial charge in [-0.15, -0.1) is 0 Å². The van der Waals surface area contributed by atoms with Crippen molar-refractivity contribution in [3.05, 3.63) is 47.8 Å². The molecule has 0 fully saturated rings. The molecule has 0 aliphatic carbocycles. The minimum absolute atomic E-state index is 0.866. The molecule has 1 aromatic heterocycles. The van der Waals surface area contributed by atoms with Crippen LogP contribution in [0.25, 0.3) is 0 Å². The van der Waals surface area contributed by atoms with Gasteiger partial charge in [-0.2, -0.15) is 5.10 Å². The van der Waals surface area contributed by atoms with E-state index < -0.39 is 0 Å². The summed E-state index contributed by atoms with van der Waals surface area (Å²) >= 11 is 0. The number of anilines is 1. The van der Waals surface area contributed by atoms with E-state index >= 15 is 0 Å². The highest BCUT2D eigenvalue weighted by molar-refractivity contribution is 5.46. The highest BCUT2D eigenvalue weighted by Gasteiger charge is 2.05. The summed E-state index contributed by atoms with van der Waals surface area (Å²) < 4.78 is 1.92. The summed E-state index contributed by atoms with van der Waals surface area (Å²) in [6.07, 6.45) is 2.84. The predicted molar refractivity (Wildman–Crippen MR) is 74.1 cm³/mol. The molecule has 0 saturated heterocycles. The fraction of sp³-hybridized carbons (Fsp3) is 0.357. The molecule has 4 nitrogen and oxygen atoms in total. The Balaban J connectivity index is 1.88. The van der Waals surface area contributed by atoms with Crippen LogP contribution in [0.15, 0.2) is 36.5 Å². The standard InChI is InChI=1S/C14H20N4/c1-17(10-8-13-7-9-16-18(13)2)11-12-5-3-4-6-14(12)15/h3-7,9H,8,10-11,15H2,1-2H3. The van der Waals surface area contributed by atoms with Crippen molar-refractivity contribution >= 4 is 5.69 Å². The Morgan fingerprint density at radius 2 is 2.06 bits per heavy atom. The Morgan fingerprint density at radius 3 is 2.72 bits per heavy atom. The van der Waals surface area contributed by atoms with Crippen molar-refractivity contribution in [2.24, 2.45) is 7.05 Å². The van der Waals surface area contributed by atoms with Gasteiger partial charge in [0.15, 0.2) is 0 Å². The molecular formula is C14H20N4. The van der Waals surface area contributed by atoms with Gasteiger partial charge in [0, 0.05) is 44.1 Å². The number of para-hydroxylation sites is 1. The third-order valence-electron chi connectivity index (χ3n) is 3.17. The number of nitrogen functional groups attached to an aromatic ring is 1. The first-order valence-corrected chi connectivity index (χ1v) is 6.15. The maximum absolute atomic E-state index is 5.94. The molecule has 0 amide bonds. The Kier molecular flexibility index (Phi) is 3.99. The number of hydrogen-bond donors (Lipinski definition) is 1. The van der Waals surface area contributed by atoms with Crippen LogP contribution in [0.4, 0.5) is 5.69 Å². The van der Waals surface area contributed by atoms with Gasteiger partial charge >= 0.3 is 0 Å². The molecule has 0 atom stereocenters. The Labute approximate surface area is 108 Å². The first kappa shape index (κ1) is 12.6. The second kappa shape index (κ2) is 5.69. The molecule has 2 N–H and O–H groups in total. The van der Waals surface area contributed by atoms with Gasteiger partial charge in [-0.25, -0.2) is 0 Å². The van der Waals surface area contributed by atoms with Gasteiger partial charge in [0.25, 0.3) is 0 Å². The molecule has 0 spiro atoms. The fourth-order valence-corrected chi connectivity index (χ4v) is 2.00. The topological polar surface area (TPSA) is 47.1 Å². The van der Waals surface area contributed by atoms with E-state index in [1.807, 2.05) is 36.1 Å². The summed E-state index contributed by atoms with van der Waals surface area (Å²) in [5.41, 5.74) is 9.25. The average molecular weight is 244 g/mol. The molecule has 2 rings (SSSR count). The number of rotatable bonds is 5. The van der Waals surface area contributed by atoms with Crippen LogP contribution in [0.3, 0.4) is 0 Å². The minimum Gasteiger partial charge on any atom is -0.398 e. The number of nitrogens with two attached hydrogens (primary N) is 1. The zero-order valence-corrected chi connectivity index (χ0v) is 11.0. The molecule has 4 heteroatoms. The monoisotopic (exact) mass is 244 g/mol. The van der Waals surface area contributed by atoms with E-state index in [1.54, 1.807) is 0 Å². The Bertz CT molecular complexity index is 504. The number of nitrogens with zero attached hydrogens (tertiary/aromatic N) is 3. The summed E-state index contributed by atoms with van der Waals surface area (Å²) in [6, 6.07) is 10.1. The van der Waals surface area contributed by atoms with Crippen molar-refractivity contribution in [2.75, 3.05) is 19.3 Å². The molecule has 0 aliphatic rings. The summed E-state index contributed by atoms with van der Waals surface area (Å²) in [6.45, 7) is 1.87. The van der Waals surface area contributed by atoms with Crippen molar-refractivity contribution in [2.45, 2.75) is 13.0 Å². The second-order valence-corrected chi connectivity index (χ2v) is 4.63. The summed E-state index contributed by atoms with van der Waals surface area (Å²) in [7, 11) is 4.09. The number of aromatic nitrogens is 2. The van der Waals surface area contributed by atoms with E-state index in [-0.39, 0.29) is 0 Å². The maximum atomic E-state index is 5.94. The quantitative estimate of drug-likeness (QED) is 0.814. The number of likely N-dealkylation sites (N-methyl/N-ethyl adjacent to an activating group) is 1. The van der Waals surface area contributed by atoms with E-state index in [2.05, 4.69) is 29.2 Å². The highest BCUT2D eigenvalue weighted by Crippen LogP contribution is 2.12. The zero-order chi connectivity index (χ0) is 13.0. The third-order valence-corrected chi connectivity index (χ3v) is 3.17. The van der Waals surface area contributed by atoms with Gasteiger partial charge in [-0.05, 0) is 24.7 Å². The van der Waals surface area contributed by atoms with Crippen LogP contribution >= 0.6 is 0 Å². The Hall–Kier alpha value is -1.81. The third kappa shape index (κ3) is 3.11. The normalized spacial score (nSPS) is 11.1. The molecule has 0 bridgehead atoms. The van der Waals surface area contributed by atoms with Crippen molar-refractivity contribution in [1.29, 1.82) is 0 Å². The predicted octanol–water partition coefficient (Wildman–Crippen LogP) is 1.68. The summed E-state index contributed by atoms with van der Waals surface area (Å²) in [5, 5.41) is 4.17. The largest absolute Gasteiger partial charge is 0.398 e. The van der Waals surface area contributed by atoms with Crippen LogP contribution in [0.5, 0.6) is 0 Å². The highest BCUT2D eigenvalue weighted by atomic mass is 15.3. The van der Waals surface area contributed by atoms with Crippen LogP contribution < -0.4 is 5.73 Å². The van der Waals surface area contributed by atoms with Gasteiger partial charge in [0.05, 0.1) is 0 Å². The minimum atomic E-state index is 0.866. The molecule has 1 aromatic carbocycles. The van der Waals surface area contributed by atoms with Crippen molar-refractivity contribution in [3.63, 3.8) is 0 Å². The fourth-order valence-electron chi connectivity index (χ4n) is 2.00. The molecule has 0 aliphatic heterocycles. The molecule has 2 aromatic rings. The van der Waals surface area contributed by atoms with Gasteiger partial charge < -0.3 is 10.6 Å². The van der Waals surface area contributed by atoms with E-state index in [9.17, 15) is 0 Å². The van der Waals surface area contributed by atoms with E-state index in [1.165, 1.54) is 11.3 Å². The van der Waals surface area contributed by atoms with Crippen LogP contribution in [-0.4, -0.2) is 28.3 Å². The van der Waals surface area contributed by atoms with E-state index in [4.69, 9.17) is 5.73 Å². The lowest BCUT2D eigenvalue weighted by Crippen LogP contribution is -2.22. The first-order valence-electron chi connectivity index (χ1n) is 6.15. The maximum Gasteiger partial charge on any atom is 0.0492 e. The molecule has 96 valence electrons. The number of hydrogen-bond acceptors (Lipinski definition) is 3. The number of benzene rings is 1. The zero-order valence-electron chi connectivity index (χ0n) is 11.0. The van der Waals surface area contributed by atoms with Gasteiger partial charge in [0.1, 0.15) is 0 Å². The molecule has 0 unspecified atom stereocenters. The van der Waals surface area contributed by atoms with E-state index in [0.717, 1.165) is 25.2 Å². The smallest absolute Gasteiger partial charge is 0.0492 e. The van der Waals surface area contributed by atoms with Crippen molar-refractivity contribution in [1.82, 2.24) is 14.7 Å². The lowest BCUT2D eigenvalue weighted by Gasteiger charge is -2.17. The van der Waals surface area contributed by atoms with Gasteiger partial charge in [-0.1, -0.05) is 18.2 Å². The molecule has 1 heterocycles. The molecule has 0 radical (unpaired) electrons. The lowest BCUT2D eigenvalue weighted by atomic mass is 10.1. The Morgan fingerprint density at radius 1 is 1.28 bits per heavy atom. The molecule has 0 saturated carbocycles. The summed E-state index contributed by atoms with van der Waals surface area (Å²) in [4.78, 5) is 2.28. The van der Waals surface area contributed by atoms with Crippen LogP contribution in [0, 0.1) is 0 Å². The SMILES string of the molecule is CN(CCc1ccnn1C)Cc1ccccc1N. The average Bonchev–Trinajstić information content (AvgIpc) is 2.75. The van der Waals surface area contributed by atoms with Gasteiger partial charge in [-0.3, -0.25) is 4.68 Å². The summed E-state index contributed by atoms with van der Waals surface area (Å²) in [5.74, 6) is 0. The molecular weight excluding hydrogens is 224 g/mol. The van der Waals surface area contributed by atoms with Crippen molar-refractivity contribution in [3.8, 4) is 0 Å². The second-order valence-electron chi connectivity index (χ2n) is 4.63. The van der Waals surface area contributed by atoms with Crippen LogP contribution in [0.1, 0.15) is 11.3 Å². The molecule has 18 heavy (non-hydrogen) atoms. The first-order chi connectivity index (χ1) is 8.66. The van der Waals surface area contributed by atoms with Crippen LogP contribution in [0.2, 0.25) is 0 Å². The van der Waals surface area contributed by atoms with Crippen LogP contribution in [-0.2, 0) is 20.0 Å². The van der Waals surface area contributed by atoms with Crippen molar-refractivity contribution < 1.29 is 0 Å². The van der Waals surface area contributed by atoms with Gasteiger partial charge in [0.2, 0.25) is 0 Å². The van der Waals surface area contributed by atoms with E-state index in [0.29, 0.717) is 0 Å². The number of aryl methyl sites for hydroxylation is 1. The lowest BCUT2D eigenvalue weighted by molar-refractivity contribution is 0.329.